The second-order valence-electron chi connectivity index (χ2n) is 9.55. The third-order valence-electron chi connectivity index (χ3n) is 7.71. The maximum Gasteiger partial charge on any atom is 0.276 e. The Morgan fingerprint density at radius 1 is 1.28 bits per heavy atom. The van der Waals surface area contributed by atoms with Crippen molar-refractivity contribution in [2.24, 2.45) is 28.7 Å². The molecule has 0 N–H and O–H groups in total. The minimum absolute atomic E-state index is 0.0394. The lowest BCUT2D eigenvalue weighted by molar-refractivity contribution is -0.121. The monoisotopic (exact) mass is 415 g/mol. The number of amides is 2. The zero-order chi connectivity index (χ0) is 20.2. The van der Waals surface area contributed by atoms with Crippen molar-refractivity contribution in [1.82, 2.24) is 10.1 Å². The van der Waals surface area contributed by atoms with Crippen molar-refractivity contribution < 1.29 is 14.1 Å². The van der Waals surface area contributed by atoms with Gasteiger partial charge in [-0.2, -0.15) is 0 Å². The Balaban J connectivity index is 1.18. The van der Waals surface area contributed by atoms with Gasteiger partial charge in [-0.3, -0.25) is 9.59 Å². The molecule has 2 aliphatic carbocycles. The molecule has 2 aliphatic heterocycles. The van der Waals surface area contributed by atoms with Crippen LogP contribution in [-0.2, 0) is 4.79 Å². The van der Waals surface area contributed by atoms with E-state index in [4.69, 9.17) is 4.52 Å². The first kappa shape index (κ1) is 19.3. The number of nitrogens with zero attached hydrogens (tertiary/aromatic N) is 3. The molecule has 156 valence electrons. The molecule has 7 heteroatoms. The van der Waals surface area contributed by atoms with Gasteiger partial charge in [-0.25, -0.2) is 4.99 Å². The van der Waals surface area contributed by atoms with Gasteiger partial charge in [-0.1, -0.05) is 23.3 Å². The largest absolute Gasteiger partial charge is 0.361 e. The smallest absolute Gasteiger partial charge is 0.276 e. The molecule has 1 saturated heterocycles. The minimum atomic E-state index is -0.466. The van der Waals surface area contributed by atoms with Gasteiger partial charge in [0.15, 0.2) is 5.69 Å². The summed E-state index contributed by atoms with van der Waals surface area (Å²) in [5.74, 6) is 3.38. The summed E-state index contributed by atoms with van der Waals surface area (Å²) in [5, 5.41) is 4.91. The van der Waals surface area contributed by atoms with Crippen LogP contribution in [0.3, 0.4) is 0 Å². The third kappa shape index (κ3) is 3.45. The van der Waals surface area contributed by atoms with E-state index in [1.807, 2.05) is 4.90 Å². The Labute approximate surface area is 175 Å². The molecule has 1 unspecified atom stereocenters. The number of hydrogen-bond donors (Lipinski definition) is 0. The molecular weight excluding hydrogens is 386 g/mol. The van der Waals surface area contributed by atoms with Crippen LogP contribution in [0.4, 0.5) is 0 Å². The van der Waals surface area contributed by atoms with E-state index < -0.39 is 4.75 Å². The fraction of sp³-hybridized carbons (Fsp3) is 0.727. The number of rotatable bonds is 4. The van der Waals surface area contributed by atoms with Crippen LogP contribution in [-0.4, -0.2) is 44.8 Å². The van der Waals surface area contributed by atoms with E-state index in [0.717, 1.165) is 42.1 Å². The van der Waals surface area contributed by atoms with E-state index >= 15 is 0 Å². The van der Waals surface area contributed by atoms with Gasteiger partial charge in [-0.05, 0) is 76.0 Å². The van der Waals surface area contributed by atoms with Crippen LogP contribution in [0.15, 0.2) is 15.6 Å². The molecule has 6 nitrogen and oxygen atoms in total. The zero-order valence-corrected chi connectivity index (χ0v) is 18.0. The Bertz CT molecular complexity index is 857. The van der Waals surface area contributed by atoms with Crippen molar-refractivity contribution in [3.8, 4) is 0 Å². The SMILES string of the molecule is Cc1cc(C(=O)N2CCC(C3(C)SC(C[C@H]4C[C@@H]5CC[C@H]4C5)=NC3=O)CC2)no1. The standard InChI is InChI=1S/C22H29N3O3S/c1-13-9-18(24-28-13)20(26)25-7-5-17(6-8-25)22(2)21(27)23-19(29-22)12-16-11-14-3-4-15(16)10-14/h9,14-17H,3-8,10-12H2,1-2H3/t14-,15+,16-,22?/m1/s1. The first-order chi connectivity index (χ1) is 13.9. The van der Waals surface area contributed by atoms with Crippen molar-refractivity contribution in [2.75, 3.05) is 13.1 Å². The van der Waals surface area contributed by atoms with E-state index in [9.17, 15) is 9.59 Å². The van der Waals surface area contributed by atoms with Crippen molar-refractivity contribution >= 4 is 28.6 Å². The second-order valence-corrected chi connectivity index (χ2v) is 11.1. The van der Waals surface area contributed by atoms with Gasteiger partial charge >= 0.3 is 0 Å². The lowest BCUT2D eigenvalue weighted by atomic mass is 9.84. The van der Waals surface area contributed by atoms with Crippen molar-refractivity contribution in [3.05, 3.63) is 17.5 Å². The molecule has 0 aromatic carbocycles. The highest BCUT2D eigenvalue weighted by Gasteiger charge is 2.49. The third-order valence-corrected chi connectivity index (χ3v) is 9.14. The average Bonchev–Trinajstić information content (AvgIpc) is 3.48. The Morgan fingerprint density at radius 3 is 2.69 bits per heavy atom. The summed E-state index contributed by atoms with van der Waals surface area (Å²) >= 11 is 1.72. The van der Waals surface area contributed by atoms with E-state index in [2.05, 4.69) is 17.1 Å². The molecule has 5 rings (SSSR count). The second kappa shape index (κ2) is 7.25. The molecule has 29 heavy (non-hydrogen) atoms. The predicted molar refractivity (Wildman–Crippen MR) is 112 cm³/mol. The Morgan fingerprint density at radius 2 is 2.07 bits per heavy atom. The molecule has 3 heterocycles. The molecule has 2 bridgehead atoms. The highest BCUT2D eigenvalue weighted by molar-refractivity contribution is 8.16. The Kier molecular flexibility index (Phi) is 4.84. The summed E-state index contributed by atoms with van der Waals surface area (Å²) in [7, 11) is 0. The van der Waals surface area contributed by atoms with Gasteiger partial charge in [0.1, 0.15) is 10.5 Å². The van der Waals surface area contributed by atoms with E-state index in [1.165, 1.54) is 25.7 Å². The first-order valence-electron chi connectivity index (χ1n) is 11.0. The van der Waals surface area contributed by atoms with Crippen LogP contribution < -0.4 is 0 Å². The summed E-state index contributed by atoms with van der Waals surface area (Å²) < 4.78 is 4.57. The predicted octanol–water partition coefficient (Wildman–Crippen LogP) is 4.09. The number of aliphatic imine (C=N–C) groups is 1. The lowest BCUT2D eigenvalue weighted by Gasteiger charge is -2.38. The van der Waals surface area contributed by atoms with Crippen LogP contribution in [0.25, 0.3) is 0 Å². The van der Waals surface area contributed by atoms with Crippen LogP contribution in [0.5, 0.6) is 0 Å². The van der Waals surface area contributed by atoms with E-state index in [-0.39, 0.29) is 17.7 Å². The average molecular weight is 416 g/mol. The normalized spacial score (nSPS) is 34.8. The number of thioether (sulfide) groups is 1. The topological polar surface area (TPSA) is 75.8 Å². The maximum atomic E-state index is 12.9. The van der Waals surface area contributed by atoms with E-state index in [0.29, 0.717) is 24.5 Å². The number of carbonyl (C=O) groups excluding carboxylic acids is 2. The molecule has 0 radical (unpaired) electrons. The number of hydrogen-bond acceptors (Lipinski definition) is 5. The number of carbonyl (C=O) groups is 2. The van der Waals surface area contributed by atoms with Crippen LogP contribution in [0.2, 0.25) is 0 Å². The quantitative estimate of drug-likeness (QED) is 0.740. The molecule has 4 aliphatic rings. The first-order valence-corrected chi connectivity index (χ1v) is 11.8. The maximum absolute atomic E-state index is 12.9. The summed E-state index contributed by atoms with van der Waals surface area (Å²) in [4.78, 5) is 31.8. The molecule has 1 aromatic rings. The van der Waals surface area contributed by atoms with Crippen molar-refractivity contribution in [1.29, 1.82) is 0 Å². The fourth-order valence-corrected chi connectivity index (χ4v) is 7.44. The lowest BCUT2D eigenvalue weighted by Crippen LogP contribution is -2.46. The van der Waals surface area contributed by atoms with Gasteiger partial charge in [0.05, 0.1) is 5.04 Å². The summed E-state index contributed by atoms with van der Waals surface area (Å²) in [6.45, 7) is 5.16. The van der Waals surface area contributed by atoms with Crippen LogP contribution in [0, 0.1) is 30.6 Å². The zero-order valence-electron chi connectivity index (χ0n) is 17.2. The number of fused-ring (bicyclic) bond motifs is 2. The number of aromatic nitrogens is 1. The molecule has 4 atom stereocenters. The van der Waals surface area contributed by atoms with Gasteiger partial charge in [-0.15, -0.1) is 0 Å². The van der Waals surface area contributed by atoms with Gasteiger partial charge in [0, 0.05) is 19.2 Å². The molecule has 3 fully saturated rings. The molecular formula is C22H29N3O3S. The van der Waals surface area contributed by atoms with Gasteiger partial charge in [0.25, 0.3) is 11.8 Å². The number of piperidine rings is 1. The summed E-state index contributed by atoms with van der Waals surface area (Å²) in [6.07, 6.45) is 8.15. The van der Waals surface area contributed by atoms with Crippen molar-refractivity contribution in [2.45, 2.75) is 63.5 Å². The van der Waals surface area contributed by atoms with Crippen molar-refractivity contribution in [3.63, 3.8) is 0 Å². The van der Waals surface area contributed by atoms with Gasteiger partial charge in [0.2, 0.25) is 0 Å². The summed E-state index contributed by atoms with van der Waals surface area (Å²) in [5.41, 5.74) is 0.370. The number of likely N-dealkylation sites (tertiary alicyclic amines) is 1. The molecule has 2 amide bonds. The highest BCUT2D eigenvalue weighted by atomic mass is 32.2. The fourth-order valence-electron chi connectivity index (χ4n) is 5.99. The number of aryl methyl sites for hydroxylation is 1. The summed E-state index contributed by atoms with van der Waals surface area (Å²) in [6, 6.07) is 1.68. The Hall–Kier alpha value is -1.63. The molecule has 1 aromatic heterocycles. The minimum Gasteiger partial charge on any atom is -0.361 e. The van der Waals surface area contributed by atoms with Crippen LogP contribution >= 0.6 is 11.8 Å². The molecule has 0 spiro atoms. The van der Waals surface area contributed by atoms with Gasteiger partial charge < -0.3 is 9.42 Å². The molecule has 2 saturated carbocycles. The van der Waals surface area contributed by atoms with Crippen LogP contribution in [0.1, 0.15) is 68.1 Å². The van der Waals surface area contributed by atoms with E-state index in [1.54, 1.807) is 24.8 Å². The highest BCUT2D eigenvalue weighted by Crippen LogP contribution is 2.52.